The summed E-state index contributed by atoms with van der Waals surface area (Å²) in [5.41, 5.74) is 3.25. The van der Waals surface area contributed by atoms with E-state index in [0.717, 1.165) is 11.8 Å². The summed E-state index contributed by atoms with van der Waals surface area (Å²) in [5.74, 6) is 1.77. The van der Waals surface area contributed by atoms with Gasteiger partial charge in [0, 0.05) is 0 Å². The van der Waals surface area contributed by atoms with Crippen molar-refractivity contribution in [3.63, 3.8) is 0 Å². The summed E-state index contributed by atoms with van der Waals surface area (Å²) >= 11 is 0. The van der Waals surface area contributed by atoms with Gasteiger partial charge in [-0.2, -0.15) is 0 Å². The van der Waals surface area contributed by atoms with E-state index in [1.807, 2.05) is 0 Å². The molecule has 0 aliphatic heterocycles. The van der Waals surface area contributed by atoms with E-state index in [2.05, 4.69) is 34.3 Å². The molecular weight excluding hydrogens is 192 g/mol. The second-order valence-corrected chi connectivity index (χ2v) is 7.89. The lowest BCUT2D eigenvalue weighted by atomic mass is 9.48. The van der Waals surface area contributed by atoms with Gasteiger partial charge in [-0.1, -0.05) is 39.8 Å². The van der Waals surface area contributed by atoms with Gasteiger partial charge in [-0.25, -0.2) is 0 Å². The predicted octanol–water partition coefficient (Wildman–Crippen LogP) is 4.81. The van der Waals surface area contributed by atoms with Crippen LogP contribution in [-0.2, 0) is 0 Å². The first-order valence-corrected chi connectivity index (χ1v) is 6.99. The number of hydrogen-bond donors (Lipinski definition) is 0. The Morgan fingerprint density at radius 1 is 1.12 bits per heavy atom. The molecule has 3 rings (SSSR count). The van der Waals surface area contributed by atoms with E-state index < -0.39 is 0 Å². The van der Waals surface area contributed by atoms with Gasteiger partial charge in [0.15, 0.2) is 0 Å². The Balaban J connectivity index is 2.14. The van der Waals surface area contributed by atoms with Crippen LogP contribution < -0.4 is 0 Å². The highest BCUT2D eigenvalue weighted by Gasteiger charge is 2.67. The molecule has 0 aromatic heterocycles. The van der Waals surface area contributed by atoms with Gasteiger partial charge in [-0.05, 0) is 60.2 Å². The van der Waals surface area contributed by atoms with Crippen molar-refractivity contribution >= 4 is 0 Å². The molecule has 0 heteroatoms. The van der Waals surface area contributed by atoms with Crippen LogP contribution in [-0.4, -0.2) is 0 Å². The first-order chi connectivity index (χ1) is 7.31. The average molecular weight is 218 g/mol. The molecule has 90 valence electrons. The largest absolute Gasteiger partial charge is 0.0995 e. The Morgan fingerprint density at radius 3 is 2.44 bits per heavy atom. The van der Waals surface area contributed by atoms with Crippen LogP contribution in [0.3, 0.4) is 0 Å². The quantitative estimate of drug-likeness (QED) is 0.512. The number of fused-ring (bicyclic) bond motifs is 1. The van der Waals surface area contributed by atoms with Crippen molar-refractivity contribution in [2.24, 2.45) is 28.1 Å². The molecule has 0 nitrogen and oxygen atoms in total. The monoisotopic (exact) mass is 218 g/mol. The first-order valence-electron chi connectivity index (χ1n) is 6.99. The number of allylic oxidation sites excluding steroid dienone is 1. The van der Waals surface area contributed by atoms with Crippen molar-refractivity contribution in [1.82, 2.24) is 0 Å². The smallest absolute Gasteiger partial charge is 0.00901 e. The minimum atomic E-state index is 0.521. The Kier molecular flexibility index (Phi) is 1.88. The second kappa shape index (κ2) is 2.76. The molecule has 0 aromatic rings. The van der Waals surface area contributed by atoms with Gasteiger partial charge >= 0.3 is 0 Å². The highest BCUT2D eigenvalue weighted by atomic mass is 14.7. The Morgan fingerprint density at radius 2 is 1.81 bits per heavy atom. The first kappa shape index (κ1) is 10.9. The van der Waals surface area contributed by atoms with Crippen LogP contribution >= 0.6 is 0 Å². The van der Waals surface area contributed by atoms with E-state index in [0.29, 0.717) is 16.2 Å². The maximum Gasteiger partial charge on any atom is -0.00901 e. The third-order valence-electron chi connectivity index (χ3n) is 6.73. The molecule has 0 amide bonds. The van der Waals surface area contributed by atoms with Crippen molar-refractivity contribution in [3.8, 4) is 0 Å². The van der Waals surface area contributed by atoms with Crippen LogP contribution in [0, 0.1) is 28.1 Å². The van der Waals surface area contributed by atoms with E-state index in [4.69, 9.17) is 0 Å². The van der Waals surface area contributed by atoms with Crippen LogP contribution in [0.25, 0.3) is 0 Å². The fourth-order valence-corrected chi connectivity index (χ4v) is 5.71. The molecule has 0 N–H and O–H groups in total. The molecule has 3 saturated carbocycles. The fraction of sp³-hybridized carbons (Fsp3) is 0.875. The van der Waals surface area contributed by atoms with Gasteiger partial charge < -0.3 is 0 Å². The zero-order valence-corrected chi connectivity index (χ0v) is 11.4. The van der Waals surface area contributed by atoms with Crippen molar-refractivity contribution < 1.29 is 0 Å². The van der Waals surface area contributed by atoms with Crippen LogP contribution in [0.5, 0.6) is 0 Å². The van der Waals surface area contributed by atoms with E-state index >= 15 is 0 Å². The summed E-state index contributed by atoms with van der Waals surface area (Å²) in [7, 11) is 0. The Labute approximate surface area is 101 Å². The van der Waals surface area contributed by atoms with E-state index in [1.54, 1.807) is 5.57 Å². The van der Waals surface area contributed by atoms with Crippen molar-refractivity contribution in [2.45, 2.75) is 59.8 Å². The third-order valence-corrected chi connectivity index (χ3v) is 6.73. The Bertz CT molecular complexity index is 347. The van der Waals surface area contributed by atoms with Crippen LogP contribution in [0.15, 0.2) is 12.2 Å². The maximum atomic E-state index is 4.43. The predicted molar refractivity (Wildman–Crippen MR) is 69.2 cm³/mol. The van der Waals surface area contributed by atoms with Gasteiger partial charge in [0.05, 0.1) is 0 Å². The van der Waals surface area contributed by atoms with Gasteiger partial charge in [0.2, 0.25) is 0 Å². The molecule has 3 atom stereocenters. The van der Waals surface area contributed by atoms with Gasteiger partial charge in [0.25, 0.3) is 0 Å². The zero-order valence-electron chi connectivity index (χ0n) is 11.4. The summed E-state index contributed by atoms with van der Waals surface area (Å²) in [4.78, 5) is 0. The van der Waals surface area contributed by atoms with E-state index in [-0.39, 0.29) is 0 Å². The Hall–Kier alpha value is -0.260. The molecule has 3 fully saturated rings. The normalized spacial score (nSPS) is 48.1. The van der Waals surface area contributed by atoms with Crippen molar-refractivity contribution in [2.75, 3.05) is 0 Å². The van der Waals surface area contributed by atoms with Crippen molar-refractivity contribution in [3.05, 3.63) is 12.2 Å². The van der Waals surface area contributed by atoms with Gasteiger partial charge in [-0.15, -0.1) is 0 Å². The third kappa shape index (κ3) is 0.978. The molecule has 0 heterocycles. The summed E-state index contributed by atoms with van der Waals surface area (Å²) in [5, 5.41) is 0. The molecule has 1 unspecified atom stereocenters. The van der Waals surface area contributed by atoms with Crippen molar-refractivity contribution in [1.29, 1.82) is 0 Å². The summed E-state index contributed by atoms with van der Waals surface area (Å²) in [6.07, 6.45) is 7.06. The number of hydrogen-bond acceptors (Lipinski definition) is 0. The minimum Gasteiger partial charge on any atom is -0.0995 e. The van der Waals surface area contributed by atoms with Gasteiger partial charge in [-0.3, -0.25) is 0 Å². The van der Waals surface area contributed by atoms with E-state index in [9.17, 15) is 0 Å². The second-order valence-electron chi connectivity index (χ2n) is 7.89. The lowest BCUT2D eigenvalue weighted by molar-refractivity contribution is -0.0332. The SMILES string of the molecule is C=C1CCC(C)(C)[C@@]23CC[C@H](C2)C(C)(C)C13. The highest BCUT2D eigenvalue weighted by molar-refractivity contribution is 5.27. The molecular formula is C16H26. The zero-order chi connectivity index (χ0) is 11.8. The summed E-state index contributed by atoms with van der Waals surface area (Å²) < 4.78 is 0. The lowest BCUT2D eigenvalue weighted by Crippen LogP contribution is -2.48. The molecule has 2 bridgehead atoms. The molecule has 16 heavy (non-hydrogen) atoms. The highest BCUT2D eigenvalue weighted by Crippen LogP contribution is 2.76. The maximum absolute atomic E-state index is 4.43. The number of rotatable bonds is 0. The van der Waals surface area contributed by atoms with Gasteiger partial charge in [0.1, 0.15) is 0 Å². The summed E-state index contributed by atoms with van der Waals surface area (Å²) in [6, 6.07) is 0. The van der Waals surface area contributed by atoms with Crippen LogP contribution in [0.2, 0.25) is 0 Å². The molecule has 1 spiro atoms. The summed E-state index contributed by atoms with van der Waals surface area (Å²) in [6.45, 7) is 14.5. The average Bonchev–Trinajstić information content (AvgIpc) is 2.67. The lowest BCUT2D eigenvalue weighted by Gasteiger charge is -2.56. The molecule has 0 radical (unpaired) electrons. The van der Waals surface area contributed by atoms with Crippen LogP contribution in [0.1, 0.15) is 59.8 Å². The fourth-order valence-electron chi connectivity index (χ4n) is 5.71. The van der Waals surface area contributed by atoms with Crippen LogP contribution in [0.4, 0.5) is 0 Å². The molecule has 0 aromatic carbocycles. The molecule has 0 saturated heterocycles. The topological polar surface area (TPSA) is 0 Å². The molecule has 3 aliphatic carbocycles. The standard InChI is InChI=1S/C16H26/c1-11-6-8-14(2,3)16-9-7-12(10-16)15(4,5)13(11)16/h12-13H,1,6-10H2,2-5H3/t12-,13?,16+/m1/s1. The molecule has 3 aliphatic rings. The minimum absolute atomic E-state index is 0.521. The van der Waals surface area contributed by atoms with E-state index in [1.165, 1.54) is 32.1 Å².